The van der Waals surface area contributed by atoms with E-state index in [1.807, 2.05) is 4.90 Å². The van der Waals surface area contributed by atoms with Crippen LogP contribution in [0, 0.1) is 21.8 Å². The van der Waals surface area contributed by atoms with Crippen molar-refractivity contribution in [3.05, 3.63) is 70.7 Å². The summed E-state index contributed by atoms with van der Waals surface area (Å²) < 4.78 is 39.4. The minimum Gasteiger partial charge on any atom is -0.369 e. The predicted octanol–water partition coefficient (Wildman–Crippen LogP) is 3.88. The Hall–Kier alpha value is -3.38. The van der Waals surface area contributed by atoms with Crippen LogP contribution in [0.25, 0.3) is 0 Å². The lowest BCUT2D eigenvalue weighted by Gasteiger charge is -2.33. The summed E-state index contributed by atoms with van der Waals surface area (Å²) in [5.74, 6) is -0.867. The third-order valence-electron chi connectivity index (χ3n) is 5.40. The van der Waals surface area contributed by atoms with Gasteiger partial charge in [-0.15, -0.1) is 0 Å². The first-order valence-corrected chi connectivity index (χ1v) is 12.3. The molecule has 0 radical (unpaired) electrons. The number of aromatic nitrogens is 1. The van der Waals surface area contributed by atoms with Gasteiger partial charge in [0.2, 0.25) is 15.7 Å². The van der Waals surface area contributed by atoms with Gasteiger partial charge in [0.05, 0.1) is 21.7 Å². The SMILES string of the molecule is O=C(Nc1ncc(S(=O)(=O)c2ccc([N+](=O)[O-])cc2)s1)C1CCN(c2ccccc2F)CC1. The van der Waals surface area contributed by atoms with Crippen LogP contribution in [0.2, 0.25) is 0 Å². The Bertz CT molecular complexity index is 1290. The molecule has 3 aromatic rings. The van der Waals surface area contributed by atoms with Crippen LogP contribution in [-0.4, -0.2) is 37.3 Å². The number of piperidine rings is 1. The van der Waals surface area contributed by atoms with E-state index in [1.165, 1.54) is 6.07 Å². The molecule has 33 heavy (non-hydrogen) atoms. The van der Waals surface area contributed by atoms with Gasteiger partial charge in [0, 0.05) is 31.1 Å². The third-order valence-corrected chi connectivity index (χ3v) is 8.54. The molecule has 9 nitrogen and oxygen atoms in total. The second kappa shape index (κ2) is 9.24. The van der Waals surface area contributed by atoms with E-state index in [0.717, 1.165) is 41.8 Å². The Morgan fingerprint density at radius 3 is 2.45 bits per heavy atom. The molecule has 2 aromatic carbocycles. The average molecular weight is 491 g/mol. The highest BCUT2D eigenvalue weighted by atomic mass is 32.2. The van der Waals surface area contributed by atoms with Crippen LogP contribution in [0.15, 0.2) is 63.8 Å². The predicted molar refractivity (Wildman–Crippen MR) is 121 cm³/mol. The number of halogens is 1. The summed E-state index contributed by atoms with van der Waals surface area (Å²) in [5.41, 5.74) is 0.296. The zero-order valence-electron chi connectivity index (χ0n) is 17.2. The van der Waals surface area contributed by atoms with Crippen molar-refractivity contribution in [2.45, 2.75) is 21.9 Å². The van der Waals surface area contributed by atoms with E-state index in [0.29, 0.717) is 31.6 Å². The summed E-state index contributed by atoms with van der Waals surface area (Å²) in [7, 11) is -3.92. The number of sulfone groups is 1. The first kappa shape index (κ1) is 22.8. The molecule has 1 aromatic heterocycles. The number of carbonyl (C=O) groups excluding carboxylic acids is 1. The molecule has 172 valence electrons. The van der Waals surface area contributed by atoms with E-state index >= 15 is 0 Å². The van der Waals surface area contributed by atoms with Gasteiger partial charge in [0.15, 0.2) is 5.13 Å². The van der Waals surface area contributed by atoms with E-state index in [4.69, 9.17) is 0 Å². The molecule has 0 aliphatic carbocycles. The number of rotatable bonds is 6. The summed E-state index contributed by atoms with van der Waals surface area (Å²) in [6.45, 7) is 1.05. The van der Waals surface area contributed by atoms with Crippen molar-refractivity contribution in [2.75, 3.05) is 23.3 Å². The quantitative estimate of drug-likeness (QED) is 0.411. The van der Waals surface area contributed by atoms with Crippen molar-refractivity contribution in [2.24, 2.45) is 5.92 Å². The number of nitrogens with one attached hydrogen (secondary N) is 1. The monoisotopic (exact) mass is 490 g/mol. The summed E-state index contributed by atoms with van der Waals surface area (Å²) in [6, 6.07) is 11.1. The number of carbonyl (C=O) groups is 1. The molecule has 0 atom stereocenters. The molecule has 0 spiro atoms. The zero-order valence-corrected chi connectivity index (χ0v) is 18.8. The summed E-state index contributed by atoms with van der Waals surface area (Å²) in [4.78, 5) is 28.6. The number of nitro groups is 1. The Morgan fingerprint density at radius 2 is 1.82 bits per heavy atom. The van der Waals surface area contributed by atoms with Crippen molar-refractivity contribution < 1.29 is 22.5 Å². The zero-order chi connectivity index (χ0) is 23.6. The highest BCUT2D eigenvalue weighted by Crippen LogP contribution is 2.31. The van der Waals surface area contributed by atoms with Gasteiger partial charge in [0.25, 0.3) is 5.69 Å². The van der Waals surface area contributed by atoms with Crippen molar-refractivity contribution in [3.8, 4) is 0 Å². The molecular weight excluding hydrogens is 471 g/mol. The topological polar surface area (TPSA) is 123 Å². The number of benzene rings is 2. The first-order chi connectivity index (χ1) is 15.8. The van der Waals surface area contributed by atoms with Gasteiger partial charge in [-0.3, -0.25) is 14.9 Å². The van der Waals surface area contributed by atoms with Gasteiger partial charge in [-0.25, -0.2) is 17.8 Å². The lowest BCUT2D eigenvalue weighted by molar-refractivity contribution is -0.384. The van der Waals surface area contributed by atoms with Gasteiger partial charge < -0.3 is 10.2 Å². The number of hydrogen-bond donors (Lipinski definition) is 1. The summed E-state index contributed by atoms with van der Waals surface area (Å²) in [5, 5.41) is 13.6. The van der Waals surface area contributed by atoms with Crippen molar-refractivity contribution >= 4 is 43.6 Å². The van der Waals surface area contributed by atoms with Crippen molar-refractivity contribution in [3.63, 3.8) is 0 Å². The standard InChI is InChI=1S/C21H19FN4O5S2/c22-17-3-1-2-4-18(17)25-11-9-14(10-12-25)20(27)24-21-23-13-19(32-21)33(30,31)16-7-5-15(6-8-16)26(28)29/h1-8,13-14H,9-12H2,(H,23,24,27). The number of amides is 1. The Kier molecular flexibility index (Phi) is 6.38. The van der Waals surface area contributed by atoms with Crippen LogP contribution >= 0.6 is 11.3 Å². The average Bonchev–Trinajstić information content (AvgIpc) is 3.29. The number of hydrogen-bond acceptors (Lipinski definition) is 8. The van der Waals surface area contributed by atoms with Crippen LogP contribution in [0.5, 0.6) is 0 Å². The smallest absolute Gasteiger partial charge is 0.269 e. The summed E-state index contributed by atoms with van der Waals surface area (Å²) >= 11 is 0.812. The maximum absolute atomic E-state index is 14.0. The van der Waals surface area contributed by atoms with Crippen LogP contribution in [0.3, 0.4) is 0 Å². The number of para-hydroxylation sites is 1. The number of thiazole rings is 1. The number of nitrogens with zero attached hydrogens (tertiary/aromatic N) is 3. The lowest BCUT2D eigenvalue weighted by atomic mass is 9.95. The summed E-state index contributed by atoms with van der Waals surface area (Å²) in [6.07, 6.45) is 2.21. The number of non-ortho nitro benzene ring substituents is 1. The van der Waals surface area contributed by atoms with E-state index < -0.39 is 14.8 Å². The van der Waals surface area contributed by atoms with Crippen LogP contribution in [-0.2, 0) is 14.6 Å². The van der Waals surface area contributed by atoms with Gasteiger partial charge in [-0.05, 0) is 37.1 Å². The molecule has 12 heteroatoms. The number of nitro benzene ring substituents is 1. The van der Waals surface area contributed by atoms with Crippen LogP contribution < -0.4 is 10.2 Å². The molecule has 2 heterocycles. The Morgan fingerprint density at radius 1 is 1.15 bits per heavy atom. The Balaban J connectivity index is 1.39. The largest absolute Gasteiger partial charge is 0.369 e. The molecule has 1 aliphatic rings. The normalized spacial score (nSPS) is 14.8. The van der Waals surface area contributed by atoms with Crippen molar-refractivity contribution in [1.29, 1.82) is 0 Å². The van der Waals surface area contributed by atoms with Gasteiger partial charge in [-0.1, -0.05) is 23.5 Å². The molecule has 4 rings (SSSR count). The molecule has 1 saturated heterocycles. The molecular formula is C21H19FN4O5S2. The van der Waals surface area contributed by atoms with E-state index in [2.05, 4.69) is 10.3 Å². The molecule has 0 unspecified atom stereocenters. The lowest BCUT2D eigenvalue weighted by Crippen LogP contribution is -2.38. The molecule has 1 amide bonds. The van der Waals surface area contributed by atoms with E-state index in [1.54, 1.807) is 18.2 Å². The van der Waals surface area contributed by atoms with Crippen molar-refractivity contribution in [1.82, 2.24) is 4.98 Å². The second-order valence-corrected chi connectivity index (χ2v) is 10.6. The number of anilines is 2. The highest BCUT2D eigenvalue weighted by Gasteiger charge is 2.28. The van der Waals surface area contributed by atoms with E-state index in [-0.39, 0.29) is 37.6 Å². The molecule has 1 aliphatic heterocycles. The Labute approximate surface area is 193 Å². The molecule has 1 fully saturated rings. The fourth-order valence-corrected chi connectivity index (χ4v) is 6.04. The molecule has 1 N–H and O–H groups in total. The van der Waals surface area contributed by atoms with Crippen LogP contribution in [0.1, 0.15) is 12.8 Å². The minimum atomic E-state index is -3.92. The minimum absolute atomic E-state index is 0.0824. The maximum Gasteiger partial charge on any atom is 0.269 e. The van der Waals surface area contributed by atoms with E-state index in [9.17, 15) is 27.7 Å². The van der Waals surface area contributed by atoms with Gasteiger partial charge >= 0.3 is 0 Å². The first-order valence-electron chi connectivity index (χ1n) is 10.0. The second-order valence-electron chi connectivity index (χ2n) is 7.44. The fraction of sp³-hybridized carbons (Fsp3) is 0.238. The fourth-order valence-electron chi connectivity index (χ4n) is 3.60. The van der Waals surface area contributed by atoms with Gasteiger partial charge in [-0.2, -0.15) is 0 Å². The third kappa shape index (κ3) is 4.86. The molecule has 0 bridgehead atoms. The maximum atomic E-state index is 14.0. The van der Waals surface area contributed by atoms with Gasteiger partial charge in [0.1, 0.15) is 10.0 Å². The molecule has 0 saturated carbocycles. The highest BCUT2D eigenvalue weighted by molar-refractivity contribution is 7.93. The van der Waals surface area contributed by atoms with Crippen LogP contribution in [0.4, 0.5) is 20.9 Å².